The van der Waals surface area contributed by atoms with E-state index in [0.717, 1.165) is 26.1 Å². The Bertz CT molecular complexity index is 704. The molecule has 1 fully saturated rings. The number of rotatable bonds is 4. The van der Waals surface area contributed by atoms with Gasteiger partial charge in [-0.1, -0.05) is 30.3 Å². The molecule has 1 atom stereocenters. The van der Waals surface area contributed by atoms with E-state index in [0.29, 0.717) is 12.1 Å². The van der Waals surface area contributed by atoms with Crippen molar-refractivity contribution in [2.24, 2.45) is 0 Å². The third-order valence-corrected chi connectivity index (χ3v) is 5.84. The summed E-state index contributed by atoms with van der Waals surface area (Å²) >= 11 is 0. The van der Waals surface area contributed by atoms with Crippen molar-refractivity contribution in [1.82, 2.24) is 4.90 Å². The van der Waals surface area contributed by atoms with Crippen molar-refractivity contribution >= 4 is 5.69 Å². The lowest BCUT2D eigenvalue weighted by molar-refractivity contribution is 0.208. The Kier molecular flexibility index (Phi) is 4.76. The highest BCUT2D eigenvalue weighted by molar-refractivity contribution is 5.60. The molecule has 1 saturated heterocycles. The van der Waals surface area contributed by atoms with Gasteiger partial charge < -0.3 is 9.80 Å². The lowest BCUT2D eigenvalue weighted by Crippen LogP contribution is -2.47. The van der Waals surface area contributed by atoms with Gasteiger partial charge in [0.05, 0.1) is 0 Å². The summed E-state index contributed by atoms with van der Waals surface area (Å²) in [6, 6.07) is 17.1. The largest absolute Gasteiger partial charge is 0.365 e. The van der Waals surface area contributed by atoms with Crippen molar-refractivity contribution in [3.8, 4) is 0 Å². The third kappa shape index (κ3) is 3.57. The lowest BCUT2D eigenvalue weighted by atomic mass is 10.0. The molecule has 2 aromatic rings. The molecule has 2 nitrogen and oxygen atoms in total. The molecule has 3 heteroatoms. The highest BCUT2D eigenvalue weighted by atomic mass is 19.1. The maximum Gasteiger partial charge on any atom is 0.123 e. The van der Waals surface area contributed by atoms with Crippen LogP contribution in [0.5, 0.6) is 0 Å². The zero-order valence-corrected chi connectivity index (χ0v) is 15.0. The number of benzene rings is 2. The maximum atomic E-state index is 13.0. The number of halogens is 1. The van der Waals surface area contributed by atoms with Crippen molar-refractivity contribution in [1.29, 1.82) is 0 Å². The molecule has 0 saturated carbocycles. The smallest absolute Gasteiger partial charge is 0.123 e. The van der Waals surface area contributed by atoms with Gasteiger partial charge in [-0.2, -0.15) is 0 Å². The van der Waals surface area contributed by atoms with Gasteiger partial charge in [0.15, 0.2) is 0 Å². The summed E-state index contributed by atoms with van der Waals surface area (Å²) < 4.78 is 13.0. The quantitative estimate of drug-likeness (QED) is 0.821. The van der Waals surface area contributed by atoms with Crippen LogP contribution in [0, 0.1) is 5.82 Å². The van der Waals surface area contributed by atoms with Crippen LogP contribution in [0.4, 0.5) is 10.1 Å². The summed E-state index contributed by atoms with van der Waals surface area (Å²) in [7, 11) is 0. The van der Waals surface area contributed by atoms with E-state index in [9.17, 15) is 4.39 Å². The molecule has 1 unspecified atom stereocenters. The first-order valence-corrected chi connectivity index (χ1v) is 9.54. The van der Waals surface area contributed by atoms with Crippen molar-refractivity contribution in [2.75, 3.05) is 24.5 Å². The monoisotopic (exact) mass is 338 g/mol. The predicted octanol–water partition coefficient (Wildman–Crippen LogP) is 4.28. The summed E-state index contributed by atoms with van der Waals surface area (Å²) in [5.74, 6) is -0.149. The van der Waals surface area contributed by atoms with Gasteiger partial charge in [-0.25, -0.2) is 4.39 Å². The summed E-state index contributed by atoms with van der Waals surface area (Å²) in [6.07, 6.45) is 4.67. The van der Waals surface area contributed by atoms with Crippen LogP contribution < -0.4 is 4.90 Å². The van der Waals surface area contributed by atoms with Gasteiger partial charge in [0.2, 0.25) is 0 Å². The minimum atomic E-state index is -0.149. The molecule has 0 radical (unpaired) electrons. The van der Waals surface area contributed by atoms with Gasteiger partial charge in [-0.15, -0.1) is 0 Å². The van der Waals surface area contributed by atoms with Crippen LogP contribution in [0.15, 0.2) is 48.5 Å². The zero-order chi connectivity index (χ0) is 17.2. The van der Waals surface area contributed by atoms with Crippen molar-refractivity contribution in [2.45, 2.75) is 44.7 Å². The van der Waals surface area contributed by atoms with E-state index >= 15 is 0 Å². The Morgan fingerprint density at radius 2 is 1.72 bits per heavy atom. The molecule has 0 spiro atoms. The summed E-state index contributed by atoms with van der Waals surface area (Å²) in [5.41, 5.74) is 4.19. The number of para-hydroxylation sites is 1. The fourth-order valence-electron chi connectivity index (χ4n) is 4.51. The SMILES string of the molecule is CC1Cc2ccccc2N1C1CCN(CCc2ccc(F)cc2)CC1. The molecular weight excluding hydrogens is 311 g/mol. The second-order valence-corrected chi connectivity index (χ2v) is 7.54. The molecule has 0 bridgehead atoms. The number of fused-ring (bicyclic) bond motifs is 1. The molecule has 2 aliphatic rings. The number of hydrogen-bond donors (Lipinski definition) is 0. The molecule has 2 aromatic carbocycles. The molecular formula is C22H27FN2. The molecule has 4 rings (SSSR count). The molecule has 0 aliphatic carbocycles. The number of piperidine rings is 1. The van der Waals surface area contributed by atoms with Crippen molar-refractivity contribution < 1.29 is 4.39 Å². The zero-order valence-electron chi connectivity index (χ0n) is 15.0. The summed E-state index contributed by atoms with van der Waals surface area (Å²) in [4.78, 5) is 5.24. The molecule has 0 aromatic heterocycles. The first-order valence-electron chi connectivity index (χ1n) is 9.54. The van der Waals surface area contributed by atoms with E-state index < -0.39 is 0 Å². The highest BCUT2D eigenvalue weighted by Gasteiger charge is 2.33. The molecule has 25 heavy (non-hydrogen) atoms. The van der Waals surface area contributed by atoms with Crippen molar-refractivity contribution in [3.05, 3.63) is 65.5 Å². The summed E-state index contributed by atoms with van der Waals surface area (Å²) in [5, 5.41) is 0. The van der Waals surface area contributed by atoms with Crippen molar-refractivity contribution in [3.63, 3.8) is 0 Å². The van der Waals surface area contributed by atoms with Crippen LogP contribution >= 0.6 is 0 Å². The average molecular weight is 338 g/mol. The van der Waals surface area contributed by atoms with Gasteiger partial charge >= 0.3 is 0 Å². The van der Waals surface area contributed by atoms with Gasteiger partial charge in [-0.05, 0) is 61.9 Å². The fraction of sp³-hybridized carbons (Fsp3) is 0.455. The highest BCUT2D eigenvalue weighted by Crippen LogP contribution is 2.36. The minimum absolute atomic E-state index is 0.149. The Labute approximate surface area is 150 Å². The van der Waals surface area contributed by atoms with Crippen LogP contribution in [-0.4, -0.2) is 36.6 Å². The molecule has 0 N–H and O–H groups in total. The number of nitrogens with zero attached hydrogens (tertiary/aromatic N) is 2. The third-order valence-electron chi connectivity index (χ3n) is 5.84. The van der Waals surface area contributed by atoms with E-state index in [1.807, 2.05) is 12.1 Å². The Balaban J connectivity index is 1.32. The van der Waals surface area contributed by atoms with E-state index in [2.05, 4.69) is 41.0 Å². The van der Waals surface area contributed by atoms with Crippen LogP contribution in [0.25, 0.3) is 0 Å². The first-order chi connectivity index (χ1) is 12.2. The Morgan fingerprint density at radius 1 is 1.00 bits per heavy atom. The summed E-state index contributed by atoms with van der Waals surface area (Å²) in [6.45, 7) is 5.76. The van der Waals surface area contributed by atoms with E-state index in [4.69, 9.17) is 0 Å². The van der Waals surface area contributed by atoms with Gasteiger partial charge in [0, 0.05) is 37.4 Å². The first kappa shape index (κ1) is 16.6. The van der Waals surface area contributed by atoms with Crippen LogP contribution in [0.3, 0.4) is 0 Å². The Hall–Kier alpha value is -1.87. The fourth-order valence-corrected chi connectivity index (χ4v) is 4.51. The van der Waals surface area contributed by atoms with E-state index in [1.54, 1.807) is 12.1 Å². The van der Waals surface area contributed by atoms with Gasteiger partial charge in [0.1, 0.15) is 5.82 Å². The molecule has 0 amide bonds. The second kappa shape index (κ2) is 7.17. The molecule has 132 valence electrons. The lowest BCUT2D eigenvalue weighted by Gasteiger charge is -2.40. The number of anilines is 1. The standard InChI is InChI=1S/C22H27FN2/c1-17-16-19-4-2-3-5-22(19)25(17)21-11-14-24(15-12-21)13-10-18-6-8-20(23)9-7-18/h2-9,17,21H,10-16H2,1H3. The normalized spacial score (nSPS) is 21.5. The number of hydrogen-bond acceptors (Lipinski definition) is 2. The van der Waals surface area contributed by atoms with Crippen LogP contribution in [0.1, 0.15) is 30.9 Å². The molecule has 2 heterocycles. The Morgan fingerprint density at radius 3 is 2.48 bits per heavy atom. The van der Waals surface area contributed by atoms with Crippen LogP contribution in [0.2, 0.25) is 0 Å². The second-order valence-electron chi connectivity index (χ2n) is 7.54. The minimum Gasteiger partial charge on any atom is -0.365 e. The van der Waals surface area contributed by atoms with Gasteiger partial charge in [-0.3, -0.25) is 0 Å². The maximum absolute atomic E-state index is 13.0. The van der Waals surface area contributed by atoms with Gasteiger partial charge in [0.25, 0.3) is 0 Å². The van der Waals surface area contributed by atoms with E-state index in [1.165, 1.54) is 36.1 Å². The topological polar surface area (TPSA) is 6.48 Å². The van der Waals surface area contributed by atoms with E-state index in [-0.39, 0.29) is 5.82 Å². The average Bonchev–Trinajstić information content (AvgIpc) is 2.97. The predicted molar refractivity (Wildman–Crippen MR) is 102 cm³/mol. The van der Waals surface area contributed by atoms with Crippen LogP contribution in [-0.2, 0) is 12.8 Å². The number of likely N-dealkylation sites (tertiary alicyclic amines) is 1. The molecule has 2 aliphatic heterocycles.